The Balaban J connectivity index is 1.21. The third kappa shape index (κ3) is 2.62. The molecule has 0 N–H and O–H groups in total. The van der Waals surface area contributed by atoms with Crippen LogP contribution in [0.15, 0.2) is 30.7 Å². The summed E-state index contributed by atoms with van der Waals surface area (Å²) < 4.78 is 23.0. The van der Waals surface area contributed by atoms with Gasteiger partial charge >= 0.3 is 0 Å². The first-order chi connectivity index (χ1) is 15.2. The fourth-order valence-electron chi connectivity index (χ4n) is 6.34. The lowest BCUT2D eigenvalue weighted by molar-refractivity contribution is -0.221. The van der Waals surface area contributed by atoms with E-state index in [1.807, 2.05) is 23.0 Å². The van der Waals surface area contributed by atoms with Crippen LogP contribution < -0.4 is 0 Å². The first kappa shape index (κ1) is 18.3. The van der Waals surface area contributed by atoms with Gasteiger partial charge in [-0.05, 0) is 44.2 Å². The minimum absolute atomic E-state index is 0.257. The number of morpholine rings is 1. The Morgan fingerprint density at radius 3 is 2.68 bits per heavy atom. The molecule has 0 atom stereocenters. The smallest absolute Gasteiger partial charge is 0.113 e. The molecule has 4 aliphatic carbocycles. The number of fused-ring (bicyclic) bond motifs is 1. The van der Waals surface area contributed by atoms with Crippen LogP contribution >= 0.6 is 0 Å². The van der Waals surface area contributed by atoms with Crippen molar-refractivity contribution in [3.05, 3.63) is 36.5 Å². The predicted molar refractivity (Wildman–Crippen MR) is 116 cm³/mol. The zero-order valence-electron chi connectivity index (χ0n) is 17.8. The monoisotopic (exact) mass is 421 g/mol. The number of hydrogen-bond donors (Lipinski definition) is 0. The van der Waals surface area contributed by atoms with Gasteiger partial charge in [-0.2, -0.15) is 0 Å². The summed E-state index contributed by atoms with van der Waals surface area (Å²) in [6, 6.07) is 4.08. The summed E-state index contributed by atoms with van der Waals surface area (Å²) in [5.74, 6) is 1.87. The number of rotatable bonds is 6. The molecule has 5 fully saturated rings. The molecule has 162 valence electrons. The lowest BCUT2D eigenvalue weighted by Crippen LogP contribution is -2.79. The SMILES string of the molecule is FCCn1ccc2ncc(-c3cn(C45CC(N6CCOCC6)(C4)C5)c(C4CC4)n3)cc21. The Bertz CT molecular complexity index is 1140. The average molecular weight is 422 g/mol. The van der Waals surface area contributed by atoms with Gasteiger partial charge in [0.05, 0.1) is 42.0 Å². The van der Waals surface area contributed by atoms with E-state index in [1.165, 1.54) is 37.9 Å². The molecule has 2 bridgehead atoms. The van der Waals surface area contributed by atoms with Crippen molar-refractivity contribution in [2.75, 3.05) is 33.0 Å². The van der Waals surface area contributed by atoms with Crippen molar-refractivity contribution in [2.45, 2.75) is 55.6 Å². The summed E-state index contributed by atoms with van der Waals surface area (Å²) >= 11 is 0. The van der Waals surface area contributed by atoms with E-state index in [1.54, 1.807) is 0 Å². The molecule has 6 nitrogen and oxygen atoms in total. The highest BCUT2D eigenvalue weighted by Crippen LogP contribution is 2.69. The van der Waals surface area contributed by atoms with Gasteiger partial charge in [-0.25, -0.2) is 9.37 Å². The lowest BCUT2D eigenvalue weighted by atomic mass is 9.43. The summed E-state index contributed by atoms with van der Waals surface area (Å²) in [7, 11) is 0. The van der Waals surface area contributed by atoms with Crippen LogP contribution in [-0.4, -0.2) is 62.5 Å². The summed E-state index contributed by atoms with van der Waals surface area (Å²) in [4.78, 5) is 12.4. The summed E-state index contributed by atoms with van der Waals surface area (Å²) in [6.45, 7) is 3.88. The number of hydrogen-bond acceptors (Lipinski definition) is 4. The van der Waals surface area contributed by atoms with Gasteiger partial charge in [0.25, 0.3) is 0 Å². The van der Waals surface area contributed by atoms with E-state index < -0.39 is 0 Å². The summed E-state index contributed by atoms with van der Waals surface area (Å²) in [5, 5.41) is 0. The number of nitrogens with zero attached hydrogens (tertiary/aromatic N) is 5. The van der Waals surface area contributed by atoms with E-state index in [0.717, 1.165) is 48.6 Å². The fraction of sp³-hybridized carbons (Fsp3) is 0.583. The van der Waals surface area contributed by atoms with Crippen LogP contribution in [0.1, 0.15) is 43.8 Å². The number of pyridine rings is 1. The zero-order valence-corrected chi connectivity index (χ0v) is 17.8. The molecular formula is C24H28FN5O. The van der Waals surface area contributed by atoms with Crippen molar-refractivity contribution in [1.82, 2.24) is 24.0 Å². The molecule has 0 radical (unpaired) electrons. The van der Waals surface area contributed by atoms with Crippen LogP contribution in [0.2, 0.25) is 0 Å². The summed E-state index contributed by atoms with van der Waals surface area (Å²) in [6.07, 6.45) is 12.3. The van der Waals surface area contributed by atoms with E-state index in [2.05, 4.69) is 26.7 Å². The van der Waals surface area contributed by atoms with Crippen molar-refractivity contribution in [3.8, 4) is 11.3 Å². The second-order valence-corrected chi connectivity index (χ2v) is 10.0. The zero-order chi connectivity index (χ0) is 20.6. The van der Waals surface area contributed by atoms with Gasteiger partial charge in [0.1, 0.15) is 12.5 Å². The van der Waals surface area contributed by atoms with Crippen LogP contribution in [0.4, 0.5) is 4.39 Å². The van der Waals surface area contributed by atoms with Crippen molar-refractivity contribution in [3.63, 3.8) is 0 Å². The van der Waals surface area contributed by atoms with Crippen LogP contribution in [0.25, 0.3) is 22.3 Å². The maximum atomic E-state index is 12.9. The lowest BCUT2D eigenvalue weighted by Gasteiger charge is -2.74. The highest BCUT2D eigenvalue weighted by Gasteiger charge is 2.71. The third-order valence-corrected chi connectivity index (χ3v) is 8.08. The first-order valence-corrected chi connectivity index (χ1v) is 11.6. The maximum absolute atomic E-state index is 12.9. The maximum Gasteiger partial charge on any atom is 0.113 e. The van der Waals surface area contributed by atoms with Crippen LogP contribution in [0.5, 0.6) is 0 Å². The van der Waals surface area contributed by atoms with Gasteiger partial charge in [-0.1, -0.05) is 0 Å². The second-order valence-electron chi connectivity index (χ2n) is 10.0. The Hall–Kier alpha value is -2.25. The molecule has 0 aromatic carbocycles. The van der Waals surface area contributed by atoms with Crippen LogP contribution in [0, 0.1) is 0 Å². The molecule has 3 aromatic rings. The van der Waals surface area contributed by atoms with Crippen LogP contribution in [-0.2, 0) is 16.8 Å². The molecule has 4 heterocycles. The molecule has 31 heavy (non-hydrogen) atoms. The van der Waals surface area contributed by atoms with Crippen molar-refractivity contribution >= 4 is 11.0 Å². The molecule has 8 rings (SSSR count). The van der Waals surface area contributed by atoms with Gasteiger partial charge in [0.15, 0.2) is 0 Å². The van der Waals surface area contributed by atoms with Crippen LogP contribution in [0.3, 0.4) is 0 Å². The van der Waals surface area contributed by atoms with E-state index in [-0.39, 0.29) is 12.2 Å². The van der Waals surface area contributed by atoms with Crippen molar-refractivity contribution in [2.24, 2.45) is 0 Å². The van der Waals surface area contributed by atoms with E-state index in [9.17, 15) is 4.39 Å². The number of aromatic nitrogens is 4. The van der Waals surface area contributed by atoms with E-state index in [0.29, 0.717) is 18.0 Å². The largest absolute Gasteiger partial charge is 0.379 e. The molecule has 1 saturated heterocycles. The average Bonchev–Trinajstić information content (AvgIpc) is 3.37. The quantitative estimate of drug-likeness (QED) is 0.609. The van der Waals surface area contributed by atoms with Crippen molar-refractivity contribution in [1.29, 1.82) is 0 Å². The second kappa shape index (κ2) is 6.39. The van der Waals surface area contributed by atoms with Gasteiger partial charge in [0, 0.05) is 48.7 Å². The minimum atomic E-state index is -0.373. The number of aryl methyl sites for hydroxylation is 1. The Labute approximate surface area is 181 Å². The molecule has 7 heteroatoms. The molecule has 0 spiro atoms. The van der Waals surface area contributed by atoms with Gasteiger partial charge in [-0.3, -0.25) is 9.88 Å². The van der Waals surface area contributed by atoms with E-state index >= 15 is 0 Å². The van der Waals surface area contributed by atoms with E-state index in [4.69, 9.17) is 9.72 Å². The Kier molecular flexibility index (Phi) is 3.78. The predicted octanol–water partition coefficient (Wildman–Crippen LogP) is 3.71. The molecule has 1 aliphatic heterocycles. The highest BCUT2D eigenvalue weighted by atomic mass is 19.1. The molecule has 0 amide bonds. The summed E-state index contributed by atoms with van der Waals surface area (Å²) in [5.41, 5.74) is 4.59. The molecule has 3 aromatic heterocycles. The Morgan fingerprint density at radius 1 is 1.13 bits per heavy atom. The van der Waals surface area contributed by atoms with Gasteiger partial charge < -0.3 is 13.9 Å². The third-order valence-electron chi connectivity index (χ3n) is 8.08. The topological polar surface area (TPSA) is 48.1 Å². The molecule has 0 unspecified atom stereocenters. The fourth-order valence-corrected chi connectivity index (χ4v) is 6.34. The standard InChI is InChI=1S/C24H28FN5O/c25-4-6-28-5-3-19-21(28)11-18(12-26-19)20-13-30(22(27-20)17-1-2-17)24-14-23(15-24,16-24)29-7-9-31-10-8-29/h3,5,11-13,17H,1-2,4,6-10,14-16H2. The van der Waals surface area contributed by atoms with Gasteiger partial charge in [-0.15, -0.1) is 0 Å². The molecule has 4 saturated carbocycles. The normalized spacial score (nSPS) is 30.4. The first-order valence-electron chi connectivity index (χ1n) is 11.6. The molecule has 5 aliphatic rings. The number of ether oxygens (including phenoxy) is 1. The Morgan fingerprint density at radius 2 is 1.94 bits per heavy atom. The number of imidazole rings is 1. The highest BCUT2D eigenvalue weighted by molar-refractivity contribution is 5.80. The van der Waals surface area contributed by atoms with Gasteiger partial charge in [0.2, 0.25) is 0 Å². The van der Waals surface area contributed by atoms with Crippen molar-refractivity contribution < 1.29 is 9.13 Å². The molecular weight excluding hydrogens is 393 g/mol. The number of alkyl halides is 1. The minimum Gasteiger partial charge on any atom is -0.379 e. The number of halogens is 1.